The van der Waals surface area contributed by atoms with Crippen LogP contribution in [-0.2, 0) is 15.6 Å². The zero-order valence-corrected chi connectivity index (χ0v) is 11.2. The molecule has 1 fully saturated rings. The number of rotatable bonds is 5. The standard InChI is InChI=1S/C10H18BrNO2S/c11-6-2-1-3-10(13)12-9-4-7-15(14)8-5-9/h9H,1-8H2,(H,12,13). The maximum atomic E-state index is 11.5. The fourth-order valence-corrected chi connectivity index (χ4v) is 3.31. The van der Waals surface area contributed by atoms with Gasteiger partial charge in [0.15, 0.2) is 0 Å². The molecule has 5 heteroatoms. The van der Waals surface area contributed by atoms with Crippen molar-refractivity contribution in [3.63, 3.8) is 0 Å². The lowest BCUT2D eigenvalue weighted by Gasteiger charge is -2.22. The summed E-state index contributed by atoms with van der Waals surface area (Å²) in [6, 6.07) is 0.263. The fraction of sp³-hybridized carbons (Fsp3) is 0.900. The van der Waals surface area contributed by atoms with E-state index in [2.05, 4.69) is 21.2 Å². The summed E-state index contributed by atoms with van der Waals surface area (Å²) in [6.07, 6.45) is 4.34. The van der Waals surface area contributed by atoms with E-state index in [4.69, 9.17) is 0 Å². The highest BCUT2D eigenvalue weighted by molar-refractivity contribution is 9.09. The van der Waals surface area contributed by atoms with E-state index in [1.165, 1.54) is 0 Å². The summed E-state index contributed by atoms with van der Waals surface area (Å²) in [5.41, 5.74) is 0. The summed E-state index contributed by atoms with van der Waals surface area (Å²) >= 11 is 3.34. The van der Waals surface area contributed by atoms with Gasteiger partial charge in [0.25, 0.3) is 0 Å². The fourth-order valence-electron chi connectivity index (χ4n) is 1.62. The van der Waals surface area contributed by atoms with Crippen LogP contribution in [-0.4, -0.2) is 33.0 Å². The molecule has 1 N–H and O–H groups in total. The summed E-state index contributed by atoms with van der Waals surface area (Å²) in [6.45, 7) is 0. The Hall–Kier alpha value is 0.1000. The largest absolute Gasteiger partial charge is 0.353 e. The van der Waals surface area contributed by atoms with Gasteiger partial charge in [-0.1, -0.05) is 15.9 Å². The molecular weight excluding hydrogens is 278 g/mol. The Bertz CT molecular complexity index is 225. The number of carbonyl (C=O) groups excluding carboxylic acids is 1. The van der Waals surface area contributed by atoms with Gasteiger partial charge in [-0.05, 0) is 25.7 Å². The van der Waals surface area contributed by atoms with Crippen LogP contribution in [0.15, 0.2) is 0 Å². The highest BCUT2D eigenvalue weighted by atomic mass is 79.9. The number of hydrogen-bond donors (Lipinski definition) is 1. The second-order valence-electron chi connectivity index (χ2n) is 3.84. The molecule has 0 radical (unpaired) electrons. The van der Waals surface area contributed by atoms with Gasteiger partial charge in [-0.25, -0.2) is 0 Å². The van der Waals surface area contributed by atoms with Crippen LogP contribution in [0.4, 0.5) is 0 Å². The van der Waals surface area contributed by atoms with E-state index >= 15 is 0 Å². The van der Waals surface area contributed by atoms with Crippen molar-refractivity contribution in [1.82, 2.24) is 5.32 Å². The Morgan fingerprint density at radius 3 is 2.60 bits per heavy atom. The molecule has 0 aromatic heterocycles. The molecule has 0 aromatic carbocycles. The Kier molecular flexibility index (Phi) is 6.48. The molecule has 1 heterocycles. The van der Waals surface area contributed by atoms with Gasteiger partial charge in [-0.2, -0.15) is 0 Å². The molecule has 0 bridgehead atoms. The minimum atomic E-state index is -0.640. The van der Waals surface area contributed by atoms with E-state index in [-0.39, 0.29) is 11.9 Å². The van der Waals surface area contributed by atoms with E-state index in [9.17, 15) is 9.00 Å². The summed E-state index contributed by atoms with van der Waals surface area (Å²) < 4.78 is 11.1. The van der Waals surface area contributed by atoms with E-state index in [1.54, 1.807) is 0 Å². The Labute approximate surface area is 102 Å². The Morgan fingerprint density at radius 1 is 1.33 bits per heavy atom. The van der Waals surface area contributed by atoms with E-state index in [0.717, 1.165) is 42.5 Å². The van der Waals surface area contributed by atoms with Crippen molar-refractivity contribution in [1.29, 1.82) is 0 Å². The predicted molar refractivity (Wildman–Crippen MR) is 66.7 cm³/mol. The van der Waals surface area contributed by atoms with E-state index < -0.39 is 10.8 Å². The molecule has 88 valence electrons. The van der Waals surface area contributed by atoms with Gasteiger partial charge in [0, 0.05) is 40.1 Å². The lowest BCUT2D eigenvalue weighted by molar-refractivity contribution is -0.121. The number of amides is 1. The van der Waals surface area contributed by atoms with Crippen molar-refractivity contribution in [2.24, 2.45) is 0 Å². The van der Waals surface area contributed by atoms with Crippen LogP contribution in [0, 0.1) is 0 Å². The van der Waals surface area contributed by atoms with Crippen LogP contribution in [0.5, 0.6) is 0 Å². The van der Waals surface area contributed by atoms with Gasteiger partial charge in [0.1, 0.15) is 0 Å². The van der Waals surface area contributed by atoms with Gasteiger partial charge in [-0.15, -0.1) is 0 Å². The second-order valence-corrected chi connectivity index (χ2v) is 6.33. The molecule has 1 amide bonds. The van der Waals surface area contributed by atoms with Crippen molar-refractivity contribution in [3.05, 3.63) is 0 Å². The first-order valence-corrected chi connectivity index (χ1v) is 8.03. The van der Waals surface area contributed by atoms with Crippen LogP contribution >= 0.6 is 15.9 Å². The second kappa shape index (κ2) is 7.39. The van der Waals surface area contributed by atoms with Gasteiger partial charge in [0.05, 0.1) is 0 Å². The van der Waals surface area contributed by atoms with E-state index in [1.807, 2.05) is 0 Å². The normalized spacial score (nSPS) is 26.2. The van der Waals surface area contributed by atoms with Gasteiger partial charge in [0.2, 0.25) is 5.91 Å². The zero-order valence-electron chi connectivity index (χ0n) is 8.84. The Balaban J connectivity index is 2.12. The van der Waals surface area contributed by atoms with Crippen LogP contribution < -0.4 is 5.32 Å². The first-order chi connectivity index (χ1) is 7.22. The number of hydrogen-bond acceptors (Lipinski definition) is 2. The number of unbranched alkanes of at least 4 members (excludes halogenated alkanes) is 1. The number of halogens is 1. The van der Waals surface area contributed by atoms with Crippen LogP contribution in [0.1, 0.15) is 32.1 Å². The molecule has 1 aliphatic heterocycles. The minimum absolute atomic E-state index is 0.147. The maximum Gasteiger partial charge on any atom is 0.220 e. The van der Waals surface area contributed by atoms with Gasteiger partial charge in [-0.3, -0.25) is 9.00 Å². The molecule has 3 nitrogen and oxygen atoms in total. The summed E-state index contributed by atoms with van der Waals surface area (Å²) in [5, 5.41) is 3.97. The van der Waals surface area contributed by atoms with Crippen LogP contribution in [0.25, 0.3) is 0 Å². The lowest BCUT2D eigenvalue weighted by atomic mass is 10.1. The van der Waals surface area contributed by atoms with Gasteiger partial charge < -0.3 is 5.32 Å². The van der Waals surface area contributed by atoms with Crippen molar-refractivity contribution in [3.8, 4) is 0 Å². The molecule has 0 atom stereocenters. The third kappa shape index (κ3) is 5.66. The summed E-state index contributed by atoms with van der Waals surface area (Å²) in [7, 11) is -0.640. The van der Waals surface area contributed by atoms with Crippen molar-refractivity contribution >= 4 is 32.6 Å². The van der Waals surface area contributed by atoms with Crippen molar-refractivity contribution in [2.75, 3.05) is 16.8 Å². The molecule has 1 saturated heterocycles. The van der Waals surface area contributed by atoms with Crippen LogP contribution in [0.3, 0.4) is 0 Å². The molecular formula is C10H18BrNO2S. The van der Waals surface area contributed by atoms with Crippen molar-refractivity contribution in [2.45, 2.75) is 38.1 Å². The number of carbonyl (C=O) groups is 1. The predicted octanol–water partition coefficient (Wildman–Crippen LogP) is 1.58. The molecule has 15 heavy (non-hydrogen) atoms. The van der Waals surface area contributed by atoms with Crippen LogP contribution in [0.2, 0.25) is 0 Å². The highest BCUT2D eigenvalue weighted by Crippen LogP contribution is 2.09. The topological polar surface area (TPSA) is 46.2 Å². The number of alkyl halides is 1. The SMILES string of the molecule is O=C(CCCCBr)NC1CCS(=O)CC1. The van der Waals surface area contributed by atoms with Gasteiger partial charge >= 0.3 is 0 Å². The van der Waals surface area contributed by atoms with E-state index in [0.29, 0.717) is 6.42 Å². The molecule has 0 saturated carbocycles. The third-order valence-electron chi connectivity index (χ3n) is 2.54. The average molecular weight is 296 g/mol. The smallest absolute Gasteiger partial charge is 0.220 e. The molecule has 1 aliphatic rings. The molecule has 0 aromatic rings. The quantitative estimate of drug-likeness (QED) is 0.618. The minimum Gasteiger partial charge on any atom is -0.353 e. The van der Waals surface area contributed by atoms with Crippen molar-refractivity contribution < 1.29 is 9.00 Å². The molecule has 0 unspecified atom stereocenters. The monoisotopic (exact) mass is 295 g/mol. The lowest BCUT2D eigenvalue weighted by Crippen LogP contribution is -2.39. The maximum absolute atomic E-state index is 11.5. The average Bonchev–Trinajstić information content (AvgIpc) is 2.22. The first kappa shape index (κ1) is 13.2. The molecule has 0 spiro atoms. The zero-order chi connectivity index (χ0) is 11.1. The summed E-state index contributed by atoms with van der Waals surface area (Å²) in [4.78, 5) is 11.5. The molecule has 0 aliphatic carbocycles. The summed E-state index contributed by atoms with van der Waals surface area (Å²) in [5.74, 6) is 1.63. The molecule has 1 rings (SSSR count). The highest BCUT2D eigenvalue weighted by Gasteiger charge is 2.18. The number of nitrogens with one attached hydrogen (secondary N) is 1. The Morgan fingerprint density at radius 2 is 2.00 bits per heavy atom. The third-order valence-corrected chi connectivity index (χ3v) is 4.48. The first-order valence-electron chi connectivity index (χ1n) is 5.42.